The molecule has 0 aliphatic carbocycles. The van der Waals surface area contributed by atoms with E-state index in [0.717, 1.165) is 38.4 Å². The first kappa shape index (κ1) is 12.9. The van der Waals surface area contributed by atoms with E-state index in [2.05, 4.69) is 70.0 Å². The largest absolute Gasteiger partial charge is 0.305 e. The Labute approximate surface area is 143 Å². The molecule has 0 atom stereocenters. The molecule has 116 valence electrons. The number of hydrogen-bond donors (Lipinski definition) is 0. The average molecular weight is 319 g/mol. The number of rotatable bonds is 0. The molecule has 3 heteroatoms. The smallest absolute Gasteiger partial charge is 0.0972 e. The Hall–Kier alpha value is -3.46. The summed E-state index contributed by atoms with van der Waals surface area (Å²) in [5, 5.41) is 3.46. The van der Waals surface area contributed by atoms with Crippen molar-refractivity contribution in [3.05, 3.63) is 79.0 Å². The number of benzene rings is 2. The molecule has 0 radical (unpaired) electrons. The minimum absolute atomic E-state index is 0.994. The summed E-state index contributed by atoms with van der Waals surface area (Å²) in [5.74, 6) is 0. The zero-order chi connectivity index (χ0) is 16.4. The molecular formula is C22H13N3. The van der Waals surface area contributed by atoms with Gasteiger partial charge in [-0.2, -0.15) is 0 Å². The third kappa shape index (κ3) is 1.64. The molecule has 0 saturated heterocycles. The monoisotopic (exact) mass is 319 g/mol. The summed E-state index contributed by atoms with van der Waals surface area (Å²) in [5.41, 5.74) is 6.43. The summed E-state index contributed by atoms with van der Waals surface area (Å²) in [6.07, 6.45) is 1.85. The molecule has 0 unspecified atom stereocenters. The molecule has 6 aromatic rings. The van der Waals surface area contributed by atoms with Crippen LogP contribution in [0.2, 0.25) is 0 Å². The van der Waals surface area contributed by atoms with Crippen LogP contribution < -0.4 is 0 Å². The van der Waals surface area contributed by atoms with Gasteiger partial charge < -0.3 is 4.40 Å². The first-order valence-electron chi connectivity index (χ1n) is 8.36. The van der Waals surface area contributed by atoms with E-state index in [4.69, 9.17) is 4.98 Å². The minimum Gasteiger partial charge on any atom is -0.305 e. The molecule has 0 saturated carbocycles. The van der Waals surface area contributed by atoms with Gasteiger partial charge in [-0.25, -0.2) is 4.98 Å². The second-order valence-corrected chi connectivity index (χ2v) is 6.37. The molecule has 2 aromatic carbocycles. The van der Waals surface area contributed by atoms with Crippen LogP contribution in [0.3, 0.4) is 0 Å². The number of fused-ring (bicyclic) bond motifs is 9. The molecule has 0 spiro atoms. The molecule has 0 aliphatic heterocycles. The van der Waals surface area contributed by atoms with Gasteiger partial charge in [0.2, 0.25) is 0 Å². The van der Waals surface area contributed by atoms with Crippen molar-refractivity contribution < 1.29 is 0 Å². The van der Waals surface area contributed by atoms with Crippen molar-refractivity contribution in [2.45, 2.75) is 0 Å². The van der Waals surface area contributed by atoms with Crippen molar-refractivity contribution >= 4 is 49.3 Å². The third-order valence-corrected chi connectivity index (χ3v) is 4.96. The predicted octanol–water partition coefficient (Wildman–Crippen LogP) is 5.34. The van der Waals surface area contributed by atoms with Gasteiger partial charge in [-0.1, -0.05) is 36.4 Å². The van der Waals surface area contributed by atoms with E-state index in [0.29, 0.717) is 0 Å². The lowest BCUT2D eigenvalue weighted by Gasteiger charge is -2.10. The second kappa shape index (κ2) is 4.54. The second-order valence-electron chi connectivity index (χ2n) is 6.37. The first-order chi connectivity index (χ1) is 12.4. The molecule has 4 aromatic heterocycles. The summed E-state index contributed by atoms with van der Waals surface area (Å²) >= 11 is 0. The number of para-hydroxylation sites is 2. The molecule has 0 bridgehead atoms. The van der Waals surface area contributed by atoms with Crippen molar-refractivity contribution in [2.24, 2.45) is 0 Å². The number of hydrogen-bond acceptors (Lipinski definition) is 2. The summed E-state index contributed by atoms with van der Waals surface area (Å²) in [6, 6.07) is 25.3. The van der Waals surface area contributed by atoms with Crippen molar-refractivity contribution in [2.75, 3.05) is 0 Å². The van der Waals surface area contributed by atoms with Crippen LogP contribution in [0.5, 0.6) is 0 Å². The molecule has 0 fully saturated rings. The van der Waals surface area contributed by atoms with E-state index in [-0.39, 0.29) is 0 Å². The van der Waals surface area contributed by atoms with Crippen LogP contribution in [-0.4, -0.2) is 14.4 Å². The quantitative estimate of drug-likeness (QED) is 0.279. The average Bonchev–Trinajstić information content (AvgIpc) is 3.07. The lowest BCUT2D eigenvalue weighted by atomic mass is 10.1. The zero-order valence-electron chi connectivity index (χ0n) is 13.3. The molecule has 25 heavy (non-hydrogen) atoms. The highest BCUT2D eigenvalue weighted by Crippen LogP contribution is 2.33. The maximum atomic E-state index is 4.98. The Balaban J connectivity index is 2.03. The normalized spacial score (nSPS) is 12.0. The first-order valence-corrected chi connectivity index (χ1v) is 8.36. The third-order valence-electron chi connectivity index (χ3n) is 4.96. The maximum Gasteiger partial charge on any atom is 0.0972 e. The van der Waals surface area contributed by atoms with Gasteiger partial charge in [0.05, 0.1) is 33.1 Å². The fourth-order valence-corrected chi connectivity index (χ4v) is 3.86. The van der Waals surface area contributed by atoms with Crippen LogP contribution in [-0.2, 0) is 0 Å². The highest BCUT2D eigenvalue weighted by Gasteiger charge is 2.14. The number of nitrogens with zero attached hydrogens (tertiary/aromatic N) is 3. The van der Waals surface area contributed by atoms with Crippen LogP contribution in [0.15, 0.2) is 79.0 Å². The Bertz CT molecular complexity index is 1440. The van der Waals surface area contributed by atoms with Crippen LogP contribution >= 0.6 is 0 Å². The van der Waals surface area contributed by atoms with Gasteiger partial charge in [0.15, 0.2) is 0 Å². The van der Waals surface area contributed by atoms with E-state index in [9.17, 15) is 0 Å². The van der Waals surface area contributed by atoms with E-state index in [1.807, 2.05) is 18.3 Å². The predicted molar refractivity (Wildman–Crippen MR) is 103 cm³/mol. The minimum atomic E-state index is 0.994. The van der Waals surface area contributed by atoms with Gasteiger partial charge in [-0.3, -0.25) is 4.98 Å². The Morgan fingerprint density at radius 1 is 0.640 bits per heavy atom. The molecule has 0 N–H and O–H groups in total. The van der Waals surface area contributed by atoms with Crippen molar-refractivity contribution in [1.29, 1.82) is 0 Å². The number of aromatic nitrogens is 3. The van der Waals surface area contributed by atoms with Gasteiger partial charge in [-0.05, 0) is 36.4 Å². The highest BCUT2D eigenvalue weighted by atomic mass is 14.9. The van der Waals surface area contributed by atoms with Gasteiger partial charge >= 0.3 is 0 Å². The fourth-order valence-electron chi connectivity index (χ4n) is 3.86. The van der Waals surface area contributed by atoms with E-state index in [1.54, 1.807) is 0 Å². The van der Waals surface area contributed by atoms with E-state index in [1.165, 1.54) is 10.9 Å². The topological polar surface area (TPSA) is 30.2 Å². The highest BCUT2D eigenvalue weighted by molar-refractivity contribution is 6.14. The molecular weight excluding hydrogens is 306 g/mol. The van der Waals surface area contributed by atoms with Crippen LogP contribution in [0, 0.1) is 0 Å². The molecule has 3 nitrogen and oxygen atoms in total. The molecule has 4 heterocycles. The van der Waals surface area contributed by atoms with Crippen LogP contribution in [0.25, 0.3) is 49.3 Å². The summed E-state index contributed by atoms with van der Waals surface area (Å²) in [7, 11) is 0. The maximum absolute atomic E-state index is 4.98. The van der Waals surface area contributed by atoms with E-state index >= 15 is 0 Å². The van der Waals surface area contributed by atoms with Crippen molar-refractivity contribution in [1.82, 2.24) is 14.4 Å². The lowest BCUT2D eigenvalue weighted by molar-refractivity contribution is 1.31. The van der Waals surface area contributed by atoms with E-state index < -0.39 is 0 Å². The standard InChI is InChI=1S/C22H13N3/c1-3-9-17-14(6-1)12-20-22(24-17)16-8-5-11-23-21(16)19-13-15-7-2-4-10-18(15)25(19)20/h1-13H. The SMILES string of the molecule is c1ccc2nc3c4cccnc4c4cc5ccccc5n4c3cc2c1. The van der Waals surface area contributed by atoms with Crippen LogP contribution in [0.1, 0.15) is 0 Å². The van der Waals surface area contributed by atoms with Gasteiger partial charge in [-0.15, -0.1) is 0 Å². The summed E-state index contributed by atoms with van der Waals surface area (Å²) in [4.78, 5) is 9.66. The summed E-state index contributed by atoms with van der Waals surface area (Å²) < 4.78 is 2.29. The van der Waals surface area contributed by atoms with Gasteiger partial charge in [0.25, 0.3) is 0 Å². The molecule has 0 amide bonds. The van der Waals surface area contributed by atoms with Crippen molar-refractivity contribution in [3.63, 3.8) is 0 Å². The lowest BCUT2D eigenvalue weighted by Crippen LogP contribution is -1.94. The number of pyridine rings is 3. The summed E-state index contributed by atoms with van der Waals surface area (Å²) in [6.45, 7) is 0. The Morgan fingerprint density at radius 2 is 1.40 bits per heavy atom. The van der Waals surface area contributed by atoms with Crippen LogP contribution in [0.4, 0.5) is 0 Å². The Kier molecular flexibility index (Phi) is 2.35. The van der Waals surface area contributed by atoms with Crippen molar-refractivity contribution in [3.8, 4) is 0 Å². The van der Waals surface area contributed by atoms with Gasteiger partial charge in [0.1, 0.15) is 0 Å². The molecule has 0 aliphatic rings. The van der Waals surface area contributed by atoms with Gasteiger partial charge in [0, 0.05) is 22.4 Å². The molecule has 6 rings (SSSR count). The zero-order valence-corrected chi connectivity index (χ0v) is 13.3. The fraction of sp³-hybridized carbons (Fsp3) is 0. The Morgan fingerprint density at radius 3 is 2.36 bits per heavy atom.